The third-order valence-electron chi connectivity index (χ3n) is 2.77. The van der Waals surface area contributed by atoms with Crippen molar-refractivity contribution < 1.29 is 9.53 Å². The first-order chi connectivity index (χ1) is 7.31. The zero-order valence-corrected chi connectivity index (χ0v) is 8.98. The molecule has 15 heavy (non-hydrogen) atoms. The average molecular weight is 208 g/mol. The molecule has 0 bridgehead atoms. The molecule has 2 heterocycles. The summed E-state index contributed by atoms with van der Waals surface area (Å²) in [6, 6.07) is 0. The summed E-state index contributed by atoms with van der Waals surface area (Å²) in [5.74, 6) is 0.211. The van der Waals surface area contributed by atoms with E-state index in [0.717, 1.165) is 26.0 Å². The second-order valence-electron chi connectivity index (χ2n) is 3.86. The van der Waals surface area contributed by atoms with Crippen LogP contribution in [0, 0.1) is 5.92 Å². The van der Waals surface area contributed by atoms with Crippen LogP contribution in [0.25, 0.3) is 0 Å². The van der Waals surface area contributed by atoms with Gasteiger partial charge in [-0.05, 0) is 19.8 Å². The smallest absolute Gasteiger partial charge is 0.171 e. The second kappa shape index (κ2) is 4.57. The molecule has 1 atom stereocenters. The minimum absolute atomic E-state index is 0.0354. The summed E-state index contributed by atoms with van der Waals surface area (Å²) in [5, 5.41) is 4.11. The van der Waals surface area contributed by atoms with Gasteiger partial charge in [-0.25, -0.2) is 0 Å². The summed E-state index contributed by atoms with van der Waals surface area (Å²) < 4.78 is 7.08. The van der Waals surface area contributed by atoms with Gasteiger partial charge in [0.1, 0.15) is 0 Å². The van der Waals surface area contributed by atoms with E-state index >= 15 is 0 Å². The average Bonchev–Trinajstić information content (AvgIpc) is 2.78. The van der Waals surface area contributed by atoms with Crippen molar-refractivity contribution >= 4 is 5.78 Å². The van der Waals surface area contributed by atoms with Crippen LogP contribution in [0.3, 0.4) is 0 Å². The van der Waals surface area contributed by atoms with Crippen molar-refractivity contribution in [1.29, 1.82) is 0 Å². The maximum atomic E-state index is 12.0. The lowest BCUT2D eigenvalue weighted by Gasteiger charge is -2.19. The Labute approximate surface area is 89.2 Å². The number of rotatable bonds is 3. The summed E-state index contributed by atoms with van der Waals surface area (Å²) in [4.78, 5) is 12.0. The fraction of sp³-hybridized carbons (Fsp3) is 0.636. The molecule has 0 saturated carbocycles. The number of nitrogens with zero attached hydrogens (tertiary/aromatic N) is 2. The molecule has 4 nitrogen and oxygen atoms in total. The molecule has 1 saturated heterocycles. The maximum Gasteiger partial charge on any atom is 0.171 e. The van der Waals surface area contributed by atoms with Crippen LogP contribution in [0.1, 0.15) is 30.1 Å². The summed E-state index contributed by atoms with van der Waals surface area (Å²) >= 11 is 0. The molecule has 0 radical (unpaired) electrons. The van der Waals surface area contributed by atoms with E-state index in [4.69, 9.17) is 4.74 Å². The van der Waals surface area contributed by atoms with Crippen LogP contribution in [0.5, 0.6) is 0 Å². The molecule has 1 aromatic heterocycles. The van der Waals surface area contributed by atoms with Gasteiger partial charge in [-0.15, -0.1) is 0 Å². The zero-order chi connectivity index (χ0) is 10.7. The van der Waals surface area contributed by atoms with Crippen molar-refractivity contribution in [3.05, 3.63) is 18.0 Å². The Morgan fingerprint density at radius 2 is 2.60 bits per heavy atom. The Bertz CT molecular complexity index is 340. The number of hydrogen-bond donors (Lipinski definition) is 0. The standard InChI is InChI=1S/C11H16N2O2/c1-2-13-7-10(6-12-13)11(14)9-4-3-5-15-8-9/h6-7,9H,2-5,8H2,1H3. The largest absolute Gasteiger partial charge is 0.381 e. The highest BCUT2D eigenvalue weighted by Gasteiger charge is 2.23. The van der Waals surface area contributed by atoms with Crippen molar-refractivity contribution in [2.45, 2.75) is 26.3 Å². The lowest BCUT2D eigenvalue weighted by molar-refractivity contribution is 0.0461. The van der Waals surface area contributed by atoms with Crippen LogP contribution in [0.2, 0.25) is 0 Å². The fourth-order valence-electron chi connectivity index (χ4n) is 1.85. The first-order valence-corrected chi connectivity index (χ1v) is 5.45. The molecule has 0 spiro atoms. The molecule has 0 amide bonds. The third-order valence-corrected chi connectivity index (χ3v) is 2.77. The summed E-state index contributed by atoms with van der Waals surface area (Å²) in [6.07, 6.45) is 5.39. The van der Waals surface area contributed by atoms with E-state index in [0.29, 0.717) is 12.2 Å². The van der Waals surface area contributed by atoms with E-state index in [1.165, 1.54) is 0 Å². The van der Waals surface area contributed by atoms with Crippen LogP contribution >= 0.6 is 0 Å². The molecule has 1 aliphatic heterocycles. The molecule has 2 rings (SSSR count). The lowest BCUT2D eigenvalue weighted by Crippen LogP contribution is -2.25. The minimum atomic E-state index is 0.0354. The van der Waals surface area contributed by atoms with Crippen molar-refractivity contribution in [1.82, 2.24) is 9.78 Å². The van der Waals surface area contributed by atoms with Crippen molar-refractivity contribution in [2.75, 3.05) is 13.2 Å². The predicted molar refractivity (Wildman–Crippen MR) is 55.8 cm³/mol. The highest BCUT2D eigenvalue weighted by Crippen LogP contribution is 2.18. The number of aryl methyl sites for hydroxylation is 1. The molecule has 1 aliphatic rings. The van der Waals surface area contributed by atoms with E-state index in [9.17, 15) is 4.79 Å². The Hall–Kier alpha value is -1.16. The van der Waals surface area contributed by atoms with Gasteiger partial charge in [0.05, 0.1) is 18.4 Å². The van der Waals surface area contributed by atoms with Gasteiger partial charge in [-0.3, -0.25) is 9.48 Å². The summed E-state index contributed by atoms with van der Waals surface area (Å²) in [5.41, 5.74) is 0.715. The molecule has 82 valence electrons. The van der Waals surface area contributed by atoms with E-state index < -0.39 is 0 Å². The van der Waals surface area contributed by atoms with E-state index in [2.05, 4.69) is 5.10 Å². The van der Waals surface area contributed by atoms with Crippen LogP contribution in [-0.4, -0.2) is 28.8 Å². The maximum absolute atomic E-state index is 12.0. The Balaban J connectivity index is 2.05. The van der Waals surface area contributed by atoms with Gasteiger partial charge in [0.15, 0.2) is 5.78 Å². The van der Waals surface area contributed by atoms with Crippen LogP contribution in [-0.2, 0) is 11.3 Å². The normalized spacial score (nSPS) is 21.5. The Morgan fingerprint density at radius 1 is 1.73 bits per heavy atom. The van der Waals surface area contributed by atoms with Crippen LogP contribution < -0.4 is 0 Å². The number of Topliss-reactive ketones (excluding diaryl/α,β-unsaturated/α-hetero) is 1. The van der Waals surface area contributed by atoms with Crippen LogP contribution in [0.15, 0.2) is 12.4 Å². The number of carbonyl (C=O) groups is 1. The second-order valence-corrected chi connectivity index (χ2v) is 3.86. The molecule has 0 aliphatic carbocycles. The molecule has 1 fully saturated rings. The topological polar surface area (TPSA) is 44.1 Å². The number of carbonyl (C=O) groups excluding carboxylic acids is 1. The van der Waals surface area contributed by atoms with Gasteiger partial charge in [-0.2, -0.15) is 5.10 Å². The number of ketones is 1. The monoisotopic (exact) mass is 208 g/mol. The van der Waals surface area contributed by atoms with Gasteiger partial charge in [-0.1, -0.05) is 0 Å². The molecule has 1 aromatic rings. The third kappa shape index (κ3) is 2.26. The van der Waals surface area contributed by atoms with E-state index in [1.807, 2.05) is 13.1 Å². The number of ether oxygens (including phenoxy) is 1. The lowest BCUT2D eigenvalue weighted by atomic mass is 9.94. The summed E-state index contributed by atoms with van der Waals surface area (Å²) in [7, 11) is 0. The fourth-order valence-corrected chi connectivity index (χ4v) is 1.85. The zero-order valence-electron chi connectivity index (χ0n) is 8.98. The van der Waals surface area contributed by atoms with E-state index in [1.54, 1.807) is 10.9 Å². The van der Waals surface area contributed by atoms with Gasteiger partial charge in [0.25, 0.3) is 0 Å². The Kier molecular flexibility index (Phi) is 3.16. The van der Waals surface area contributed by atoms with Gasteiger partial charge in [0.2, 0.25) is 0 Å². The van der Waals surface area contributed by atoms with Crippen molar-refractivity contribution in [3.63, 3.8) is 0 Å². The molecule has 4 heteroatoms. The number of hydrogen-bond acceptors (Lipinski definition) is 3. The molecular weight excluding hydrogens is 192 g/mol. The highest BCUT2D eigenvalue weighted by molar-refractivity contribution is 5.97. The molecule has 1 unspecified atom stereocenters. The first-order valence-electron chi connectivity index (χ1n) is 5.45. The van der Waals surface area contributed by atoms with Gasteiger partial charge in [0, 0.05) is 25.3 Å². The predicted octanol–water partition coefficient (Wildman–Crippen LogP) is 1.51. The molecule has 0 aromatic carbocycles. The summed E-state index contributed by atoms with van der Waals surface area (Å²) in [6.45, 7) is 4.16. The van der Waals surface area contributed by atoms with E-state index in [-0.39, 0.29) is 11.7 Å². The molecule has 0 N–H and O–H groups in total. The van der Waals surface area contributed by atoms with Crippen molar-refractivity contribution in [3.8, 4) is 0 Å². The first kappa shape index (κ1) is 10.4. The van der Waals surface area contributed by atoms with Crippen LogP contribution in [0.4, 0.5) is 0 Å². The SMILES string of the molecule is CCn1cc(C(=O)C2CCCOC2)cn1. The van der Waals surface area contributed by atoms with Crippen molar-refractivity contribution in [2.24, 2.45) is 5.92 Å². The molecular formula is C11H16N2O2. The Morgan fingerprint density at radius 3 is 3.20 bits per heavy atom. The highest BCUT2D eigenvalue weighted by atomic mass is 16.5. The van der Waals surface area contributed by atoms with Gasteiger partial charge >= 0.3 is 0 Å². The quantitative estimate of drug-likeness (QED) is 0.707. The minimum Gasteiger partial charge on any atom is -0.381 e. The number of aromatic nitrogens is 2. The van der Waals surface area contributed by atoms with Gasteiger partial charge < -0.3 is 4.74 Å².